The van der Waals surface area contributed by atoms with Gasteiger partial charge in [0.15, 0.2) is 0 Å². The van der Waals surface area contributed by atoms with Crippen molar-refractivity contribution in [3.8, 4) is 17.1 Å². The number of amides is 1. The van der Waals surface area contributed by atoms with Crippen molar-refractivity contribution in [2.45, 2.75) is 25.4 Å². The van der Waals surface area contributed by atoms with E-state index in [1.807, 2.05) is 30.3 Å². The van der Waals surface area contributed by atoms with E-state index in [9.17, 15) is 4.79 Å². The Morgan fingerprint density at radius 1 is 1.40 bits per heavy atom. The summed E-state index contributed by atoms with van der Waals surface area (Å²) < 4.78 is 6.27. The molecule has 1 aliphatic rings. The first-order valence-corrected chi connectivity index (χ1v) is 9.24. The van der Waals surface area contributed by atoms with Gasteiger partial charge in [0.1, 0.15) is 0 Å². The average molecular weight is 425 g/mol. The van der Waals surface area contributed by atoms with Crippen LogP contribution < -0.4 is 15.4 Å². The Morgan fingerprint density at radius 2 is 2.24 bits per heavy atom. The summed E-state index contributed by atoms with van der Waals surface area (Å²) >= 11 is 9.79. The molecule has 25 heavy (non-hydrogen) atoms. The number of pyridine rings is 1. The molecule has 1 atom stereocenters. The van der Waals surface area contributed by atoms with Crippen LogP contribution in [-0.4, -0.2) is 30.6 Å². The number of ether oxygens (including phenoxy) is 1. The first kappa shape index (κ1) is 18.2. The van der Waals surface area contributed by atoms with Crippen LogP contribution in [0.5, 0.6) is 5.88 Å². The van der Waals surface area contributed by atoms with E-state index in [2.05, 4.69) is 31.5 Å². The molecule has 1 aromatic carbocycles. The van der Waals surface area contributed by atoms with Crippen molar-refractivity contribution in [3.63, 3.8) is 0 Å². The molecule has 2 aromatic rings. The zero-order valence-corrected chi connectivity index (χ0v) is 16.2. The fourth-order valence-corrected chi connectivity index (χ4v) is 3.43. The van der Waals surface area contributed by atoms with Crippen LogP contribution in [0.15, 0.2) is 34.8 Å². The molecular formula is C18H19BrClN3O2. The Morgan fingerprint density at radius 3 is 2.96 bits per heavy atom. The topological polar surface area (TPSA) is 63.2 Å². The van der Waals surface area contributed by atoms with E-state index >= 15 is 0 Å². The van der Waals surface area contributed by atoms with Crippen molar-refractivity contribution in [2.75, 3.05) is 13.7 Å². The van der Waals surface area contributed by atoms with Gasteiger partial charge in [-0.05, 0) is 34.5 Å². The molecule has 2 heterocycles. The number of carbonyl (C=O) groups is 1. The largest absolute Gasteiger partial charge is 0.481 e. The molecular weight excluding hydrogens is 406 g/mol. The molecule has 132 valence electrons. The number of hydrogen-bond donors (Lipinski definition) is 2. The molecule has 2 N–H and O–H groups in total. The molecule has 0 unspecified atom stereocenters. The van der Waals surface area contributed by atoms with E-state index in [4.69, 9.17) is 16.3 Å². The number of hydrogen-bond acceptors (Lipinski definition) is 4. The maximum atomic E-state index is 11.2. The van der Waals surface area contributed by atoms with Crippen LogP contribution in [0.4, 0.5) is 0 Å². The van der Waals surface area contributed by atoms with E-state index in [1.54, 1.807) is 7.11 Å². The molecule has 7 heteroatoms. The number of benzene rings is 1. The number of halogens is 2. The first-order chi connectivity index (χ1) is 12.1. The summed E-state index contributed by atoms with van der Waals surface area (Å²) in [6.07, 6.45) is 1.49. The van der Waals surface area contributed by atoms with Crippen molar-refractivity contribution in [1.82, 2.24) is 15.6 Å². The Bertz CT molecular complexity index is 785. The summed E-state index contributed by atoms with van der Waals surface area (Å²) in [5.41, 5.74) is 2.57. The van der Waals surface area contributed by atoms with Gasteiger partial charge in [0.05, 0.1) is 17.8 Å². The van der Waals surface area contributed by atoms with Crippen LogP contribution in [-0.2, 0) is 11.3 Å². The number of nitrogens with zero attached hydrogens (tertiary/aromatic N) is 1. The number of nitrogens with one attached hydrogen (secondary N) is 2. The van der Waals surface area contributed by atoms with E-state index < -0.39 is 0 Å². The van der Waals surface area contributed by atoms with Gasteiger partial charge in [-0.2, -0.15) is 0 Å². The highest BCUT2D eigenvalue weighted by molar-refractivity contribution is 9.10. The minimum atomic E-state index is 0.126. The smallest absolute Gasteiger partial charge is 0.220 e. The van der Waals surface area contributed by atoms with Gasteiger partial charge < -0.3 is 15.4 Å². The lowest BCUT2D eigenvalue weighted by molar-refractivity contribution is -0.119. The summed E-state index contributed by atoms with van der Waals surface area (Å²) in [5.74, 6) is 0.692. The molecule has 1 aromatic heterocycles. The van der Waals surface area contributed by atoms with Crippen molar-refractivity contribution in [3.05, 3.63) is 45.4 Å². The Hall–Kier alpha value is -1.63. The maximum absolute atomic E-state index is 11.2. The minimum absolute atomic E-state index is 0.126. The molecule has 1 saturated heterocycles. The summed E-state index contributed by atoms with van der Waals surface area (Å²) in [7, 11) is 1.61. The van der Waals surface area contributed by atoms with Crippen LogP contribution in [0.2, 0.25) is 5.02 Å². The summed E-state index contributed by atoms with van der Waals surface area (Å²) in [6.45, 7) is 1.35. The maximum Gasteiger partial charge on any atom is 0.220 e. The molecule has 0 aliphatic carbocycles. The third kappa shape index (κ3) is 4.32. The molecule has 3 rings (SSSR count). The second kappa shape index (κ2) is 8.17. The summed E-state index contributed by atoms with van der Waals surface area (Å²) in [4.78, 5) is 15.8. The molecule has 0 bridgehead atoms. The van der Waals surface area contributed by atoms with E-state index in [1.165, 1.54) is 0 Å². The van der Waals surface area contributed by atoms with E-state index in [0.717, 1.165) is 34.3 Å². The Kier molecular flexibility index (Phi) is 5.93. The zero-order valence-electron chi connectivity index (χ0n) is 13.8. The lowest BCUT2D eigenvalue weighted by Crippen LogP contribution is -2.35. The van der Waals surface area contributed by atoms with Crippen molar-refractivity contribution in [2.24, 2.45) is 0 Å². The highest BCUT2D eigenvalue weighted by atomic mass is 79.9. The third-order valence-electron chi connectivity index (χ3n) is 4.15. The van der Waals surface area contributed by atoms with Crippen molar-refractivity contribution < 1.29 is 9.53 Å². The lowest BCUT2D eigenvalue weighted by atomic mass is 10.1. The highest BCUT2D eigenvalue weighted by Gasteiger charge is 2.20. The Balaban J connectivity index is 1.71. The van der Waals surface area contributed by atoms with Gasteiger partial charge in [0.2, 0.25) is 11.8 Å². The van der Waals surface area contributed by atoms with Crippen LogP contribution in [0, 0.1) is 0 Å². The second-order valence-electron chi connectivity index (χ2n) is 5.90. The van der Waals surface area contributed by atoms with Gasteiger partial charge >= 0.3 is 0 Å². The van der Waals surface area contributed by atoms with Crippen molar-refractivity contribution >= 4 is 33.4 Å². The summed E-state index contributed by atoms with van der Waals surface area (Å²) in [6, 6.07) is 9.86. The molecule has 0 spiro atoms. The standard InChI is InChI=1S/C18H19BrClN3O2/c1-25-18-11(9-21-10-12-6-8-16(24)22-12)5-7-15(23-18)13-3-2-4-14(19)17(13)20/h2-5,7,12,21H,6,8-10H2,1H3,(H,22,24)/t12-/m0/s1. The van der Waals surface area contributed by atoms with Gasteiger partial charge in [-0.25, -0.2) is 4.98 Å². The molecule has 1 aliphatic heterocycles. The average Bonchev–Trinajstić information content (AvgIpc) is 3.03. The third-order valence-corrected chi connectivity index (χ3v) is 5.45. The number of carbonyl (C=O) groups excluding carboxylic acids is 1. The molecule has 1 fully saturated rings. The minimum Gasteiger partial charge on any atom is -0.481 e. The highest BCUT2D eigenvalue weighted by Crippen LogP contribution is 2.34. The summed E-state index contributed by atoms with van der Waals surface area (Å²) in [5, 5.41) is 6.92. The Labute approximate surface area is 160 Å². The van der Waals surface area contributed by atoms with Crippen LogP contribution in [0.25, 0.3) is 11.3 Å². The predicted molar refractivity (Wildman–Crippen MR) is 102 cm³/mol. The van der Waals surface area contributed by atoms with Gasteiger partial charge in [0.25, 0.3) is 0 Å². The van der Waals surface area contributed by atoms with Gasteiger partial charge in [-0.3, -0.25) is 4.79 Å². The predicted octanol–water partition coefficient (Wildman–Crippen LogP) is 3.54. The number of rotatable bonds is 6. The van der Waals surface area contributed by atoms with Crippen LogP contribution in [0.3, 0.4) is 0 Å². The van der Waals surface area contributed by atoms with Gasteiger partial charge in [-0.15, -0.1) is 0 Å². The quantitative estimate of drug-likeness (QED) is 0.744. The van der Waals surface area contributed by atoms with E-state index in [0.29, 0.717) is 23.9 Å². The molecule has 1 amide bonds. The number of methoxy groups -OCH3 is 1. The fraction of sp³-hybridized carbons (Fsp3) is 0.333. The SMILES string of the molecule is COc1nc(-c2cccc(Br)c2Cl)ccc1CNC[C@@H]1CCC(=O)N1. The second-order valence-corrected chi connectivity index (χ2v) is 7.13. The van der Waals surface area contributed by atoms with E-state index in [-0.39, 0.29) is 11.9 Å². The van der Waals surface area contributed by atoms with Crippen LogP contribution >= 0.6 is 27.5 Å². The molecule has 0 radical (unpaired) electrons. The molecule has 5 nitrogen and oxygen atoms in total. The van der Waals surface area contributed by atoms with Gasteiger partial charge in [-0.1, -0.05) is 29.8 Å². The first-order valence-electron chi connectivity index (χ1n) is 8.07. The monoisotopic (exact) mass is 423 g/mol. The van der Waals surface area contributed by atoms with Crippen molar-refractivity contribution in [1.29, 1.82) is 0 Å². The molecule has 0 saturated carbocycles. The number of aromatic nitrogens is 1. The lowest BCUT2D eigenvalue weighted by Gasteiger charge is -2.14. The normalized spacial score (nSPS) is 16.8. The van der Waals surface area contributed by atoms with Crippen LogP contribution in [0.1, 0.15) is 18.4 Å². The zero-order chi connectivity index (χ0) is 17.8. The fourth-order valence-electron chi connectivity index (χ4n) is 2.84. The van der Waals surface area contributed by atoms with Gasteiger partial charge in [0, 0.05) is 41.2 Å².